The van der Waals surface area contributed by atoms with Gasteiger partial charge in [-0.2, -0.15) is 0 Å². The van der Waals surface area contributed by atoms with E-state index in [1.165, 1.54) is 44.1 Å². The number of amides is 3. The van der Waals surface area contributed by atoms with Crippen molar-refractivity contribution in [1.29, 1.82) is 0 Å². The van der Waals surface area contributed by atoms with Crippen LogP contribution in [0, 0.1) is 17.8 Å². The van der Waals surface area contributed by atoms with E-state index in [2.05, 4.69) is 12.2 Å². The summed E-state index contributed by atoms with van der Waals surface area (Å²) in [5.74, 6) is -4.78. The van der Waals surface area contributed by atoms with Crippen molar-refractivity contribution in [3.8, 4) is 0 Å². The predicted molar refractivity (Wildman–Crippen MR) is 196 cm³/mol. The van der Waals surface area contributed by atoms with Crippen LogP contribution >= 0.6 is 0 Å². The number of rotatable bonds is 22. The smallest absolute Gasteiger partial charge is 0.330 e. The van der Waals surface area contributed by atoms with Gasteiger partial charge in [-0.3, -0.25) is 33.6 Å². The Balaban J connectivity index is 1.47. The topological polar surface area (TPSA) is 276 Å². The van der Waals surface area contributed by atoms with Crippen molar-refractivity contribution in [2.24, 2.45) is 23.5 Å². The van der Waals surface area contributed by atoms with Crippen molar-refractivity contribution in [2.75, 3.05) is 20.1 Å². The Bertz CT molecular complexity index is 1520. The fourth-order valence-corrected chi connectivity index (χ4v) is 7.93. The molecule has 1 aromatic heterocycles. The van der Waals surface area contributed by atoms with Crippen LogP contribution in [0.1, 0.15) is 97.1 Å². The number of ether oxygens (including phenoxy) is 3. The molecule has 9 N–H and O–H groups in total. The van der Waals surface area contributed by atoms with Gasteiger partial charge in [0.1, 0.15) is 42.7 Å². The molecule has 3 aliphatic heterocycles. The number of aromatic amines is 1. The summed E-state index contributed by atoms with van der Waals surface area (Å²) in [4.78, 5) is 67.8. The summed E-state index contributed by atoms with van der Waals surface area (Å²) in [5, 5.41) is 57.4. The van der Waals surface area contributed by atoms with E-state index in [-0.39, 0.29) is 31.8 Å². The van der Waals surface area contributed by atoms with Crippen LogP contribution < -0.4 is 22.3 Å². The second kappa shape index (κ2) is 20.9. The molecular formula is C37H61N5O13. The maximum atomic E-state index is 13.6. The van der Waals surface area contributed by atoms with Gasteiger partial charge in [0.05, 0.1) is 17.9 Å². The van der Waals surface area contributed by atoms with Crippen molar-refractivity contribution in [1.82, 2.24) is 19.8 Å². The molecule has 3 saturated heterocycles. The summed E-state index contributed by atoms with van der Waals surface area (Å²) in [5.41, 5.74) is 4.00. The number of H-pyrrole nitrogens is 1. The maximum Gasteiger partial charge on any atom is 0.330 e. The SMILES string of the molecule is CCCCCCCCCCCCN1C(=O)C(C)[C@@H]([C@@H](O)CC[C@H](C(=O)NC)[C@H](OC2OC(CN)C(O)C2O)C2OC(n3ccc(=O)[nH]c3=O)C(O)C2O)C1=O. The Morgan fingerprint density at radius 2 is 1.55 bits per heavy atom. The number of aliphatic hydroxyl groups excluding tert-OH is 5. The van der Waals surface area contributed by atoms with Crippen molar-refractivity contribution >= 4 is 17.7 Å². The van der Waals surface area contributed by atoms with Crippen LogP contribution in [0.5, 0.6) is 0 Å². The van der Waals surface area contributed by atoms with E-state index in [4.69, 9.17) is 19.9 Å². The first-order valence-corrected chi connectivity index (χ1v) is 19.7. The first kappa shape index (κ1) is 44.6. The summed E-state index contributed by atoms with van der Waals surface area (Å²) >= 11 is 0. The molecule has 9 unspecified atom stereocenters. The van der Waals surface area contributed by atoms with E-state index in [9.17, 15) is 49.5 Å². The second-order valence-corrected chi connectivity index (χ2v) is 15.0. The standard InChI is InChI=1S/C37H61N5O13/c1-4-5-6-7-8-9-10-11-12-13-17-41-33(50)20(2)25(34(41)51)22(43)15-14-21(32(49)39-3)30(55-36-29(48)26(45)23(19-38)53-36)31-27(46)28(47)35(54-31)42-18-16-24(44)40-37(42)52/h16,18,20-23,25-31,35-36,43,45-48H,4-15,17,19,38H2,1-3H3,(H,39,49)(H,40,44,52)/t20?,21-,22-,23?,25-,26?,27?,28?,29?,30-,31?,35?,36?/m0/s1. The van der Waals surface area contributed by atoms with Gasteiger partial charge < -0.3 is 50.8 Å². The van der Waals surface area contributed by atoms with E-state index in [0.29, 0.717) is 6.42 Å². The average molecular weight is 784 g/mol. The van der Waals surface area contributed by atoms with E-state index in [1.807, 2.05) is 4.98 Å². The van der Waals surface area contributed by atoms with E-state index in [1.54, 1.807) is 6.92 Å². The maximum absolute atomic E-state index is 13.6. The van der Waals surface area contributed by atoms with Gasteiger partial charge in [0.25, 0.3) is 5.56 Å². The van der Waals surface area contributed by atoms with Crippen molar-refractivity contribution in [3.05, 3.63) is 33.1 Å². The van der Waals surface area contributed by atoms with Crippen LogP contribution in [0.25, 0.3) is 0 Å². The minimum Gasteiger partial charge on any atom is -0.392 e. The minimum atomic E-state index is -1.81. The summed E-state index contributed by atoms with van der Waals surface area (Å²) in [6.45, 7) is 3.82. The fourth-order valence-electron chi connectivity index (χ4n) is 7.93. The van der Waals surface area contributed by atoms with Gasteiger partial charge in [-0.1, -0.05) is 71.6 Å². The molecule has 4 rings (SSSR count). The predicted octanol–water partition coefficient (Wildman–Crippen LogP) is -1.01. The normalized spacial score (nSPS) is 31.3. The van der Waals surface area contributed by atoms with Crippen molar-refractivity contribution in [2.45, 2.75) is 152 Å². The lowest BCUT2D eigenvalue weighted by Gasteiger charge is -2.34. The van der Waals surface area contributed by atoms with Crippen LogP contribution in [0.15, 0.2) is 21.9 Å². The average Bonchev–Trinajstić information content (AvgIpc) is 3.69. The molecule has 0 radical (unpaired) electrons. The van der Waals surface area contributed by atoms with Gasteiger partial charge in [-0.25, -0.2) is 4.79 Å². The Hall–Kier alpha value is -3.07. The molecule has 3 amide bonds. The number of aromatic nitrogens is 2. The summed E-state index contributed by atoms with van der Waals surface area (Å²) in [7, 11) is 1.33. The van der Waals surface area contributed by atoms with Crippen molar-refractivity contribution in [3.63, 3.8) is 0 Å². The fraction of sp³-hybridized carbons (Fsp3) is 0.811. The van der Waals surface area contributed by atoms with E-state index >= 15 is 0 Å². The molecule has 1 aromatic rings. The lowest BCUT2D eigenvalue weighted by molar-refractivity contribution is -0.232. The molecule has 0 saturated carbocycles. The number of hydrogen-bond acceptors (Lipinski definition) is 14. The minimum absolute atomic E-state index is 0.200. The number of nitrogens with zero attached hydrogens (tertiary/aromatic N) is 2. The molecule has 0 bridgehead atoms. The van der Waals surface area contributed by atoms with Gasteiger partial charge >= 0.3 is 5.69 Å². The Morgan fingerprint density at radius 3 is 2.13 bits per heavy atom. The zero-order valence-electron chi connectivity index (χ0n) is 32.0. The quantitative estimate of drug-likeness (QED) is 0.0517. The summed E-state index contributed by atoms with van der Waals surface area (Å²) < 4.78 is 18.5. The third-order valence-electron chi connectivity index (χ3n) is 11.2. The van der Waals surface area contributed by atoms with Crippen LogP contribution in [-0.2, 0) is 28.6 Å². The number of nitrogens with one attached hydrogen (secondary N) is 2. The molecule has 55 heavy (non-hydrogen) atoms. The van der Waals surface area contributed by atoms with Gasteiger partial charge in [-0.05, 0) is 19.3 Å². The third kappa shape index (κ3) is 10.7. The Labute approximate surface area is 320 Å². The number of carbonyl (C=O) groups excluding carboxylic acids is 3. The monoisotopic (exact) mass is 783 g/mol. The Morgan fingerprint density at radius 1 is 0.909 bits per heavy atom. The molecule has 0 spiro atoms. The highest BCUT2D eigenvalue weighted by molar-refractivity contribution is 6.05. The number of carbonyl (C=O) groups is 3. The zero-order chi connectivity index (χ0) is 40.4. The highest BCUT2D eigenvalue weighted by atomic mass is 16.7. The molecule has 3 aliphatic rings. The first-order chi connectivity index (χ1) is 26.3. The first-order valence-electron chi connectivity index (χ1n) is 19.7. The van der Waals surface area contributed by atoms with E-state index < -0.39 is 102 Å². The van der Waals surface area contributed by atoms with Gasteiger partial charge in [0.2, 0.25) is 17.7 Å². The number of imide groups is 1. The Kier molecular flexibility index (Phi) is 17.0. The van der Waals surface area contributed by atoms with Gasteiger partial charge in [0, 0.05) is 38.3 Å². The molecular weight excluding hydrogens is 722 g/mol. The molecule has 13 atom stereocenters. The summed E-state index contributed by atoms with van der Waals surface area (Å²) in [6, 6.07) is 1.01. The number of hydrogen-bond donors (Lipinski definition) is 8. The molecule has 0 aromatic carbocycles. The molecule has 3 fully saturated rings. The lowest BCUT2D eigenvalue weighted by Crippen LogP contribution is -2.51. The van der Waals surface area contributed by atoms with Crippen LogP contribution in [0.3, 0.4) is 0 Å². The van der Waals surface area contributed by atoms with Crippen LogP contribution in [-0.4, -0.2) is 133 Å². The van der Waals surface area contributed by atoms with Crippen LogP contribution in [0.2, 0.25) is 0 Å². The molecule has 18 heteroatoms. The van der Waals surface area contributed by atoms with Gasteiger partial charge in [0.15, 0.2) is 12.5 Å². The molecule has 4 heterocycles. The largest absolute Gasteiger partial charge is 0.392 e. The van der Waals surface area contributed by atoms with Crippen molar-refractivity contribution < 1.29 is 54.1 Å². The molecule has 18 nitrogen and oxygen atoms in total. The third-order valence-corrected chi connectivity index (χ3v) is 11.2. The molecule has 0 aliphatic carbocycles. The molecule has 312 valence electrons. The highest BCUT2D eigenvalue weighted by Gasteiger charge is 2.54. The highest BCUT2D eigenvalue weighted by Crippen LogP contribution is 2.38. The number of aliphatic hydroxyl groups is 5. The van der Waals surface area contributed by atoms with E-state index in [0.717, 1.165) is 42.5 Å². The zero-order valence-corrected chi connectivity index (χ0v) is 32.0. The number of nitrogens with two attached hydrogens (primary N) is 1. The second-order valence-electron chi connectivity index (χ2n) is 15.0. The number of likely N-dealkylation sites (tertiary alicyclic amines) is 1. The lowest BCUT2D eigenvalue weighted by atomic mass is 9.84. The van der Waals surface area contributed by atoms with Gasteiger partial charge in [-0.15, -0.1) is 0 Å². The summed E-state index contributed by atoms with van der Waals surface area (Å²) in [6.07, 6.45) is -3.89. The number of unbranched alkanes of at least 4 members (excludes halogenated alkanes) is 9. The van der Waals surface area contributed by atoms with Crippen LogP contribution in [0.4, 0.5) is 0 Å².